The van der Waals surface area contributed by atoms with Gasteiger partial charge in [0.15, 0.2) is 18.1 Å². The lowest BCUT2D eigenvalue weighted by molar-refractivity contribution is -0.153. The van der Waals surface area contributed by atoms with E-state index in [9.17, 15) is 18.0 Å². The molecule has 28 heavy (non-hydrogen) atoms. The highest BCUT2D eigenvalue weighted by Gasteiger charge is 2.51. The summed E-state index contributed by atoms with van der Waals surface area (Å²) in [5, 5.41) is 5.91. The number of halogens is 3. The SMILES string of the molecule is COc1ccc(NC(=O)NC23CC4CC(CC(C4)C2)C3)cc1OCC(F)(F)F. The van der Waals surface area contributed by atoms with E-state index in [0.29, 0.717) is 23.4 Å². The van der Waals surface area contributed by atoms with Crippen molar-refractivity contribution < 1.29 is 27.4 Å². The molecule has 5 nitrogen and oxygen atoms in total. The molecule has 154 valence electrons. The number of ether oxygens (including phenoxy) is 2. The molecule has 4 aliphatic rings. The lowest BCUT2D eigenvalue weighted by Gasteiger charge is -2.56. The van der Waals surface area contributed by atoms with Gasteiger partial charge >= 0.3 is 12.2 Å². The van der Waals surface area contributed by atoms with Crippen LogP contribution in [0, 0.1) is 17.8 Å². The lowest BCUT2D eigenvalue weighted by atomic mass is 9.53. The highest BCUT2D eigenvalue weighted by molar-refractivity contribution is 5.90. The van der Waals surface area contributed by atoms with E-state index in [4.69, 9.17) is 9.47 Å². The highest BCUT2D eigenvalue weighted by Crippen LogP contribution is 2.55. The Balaban J connectivity index is 1.41. The number of carbonyl (C=O) groups excluding carboxylic acids is 1. The van der Waals surface area contributed by atoms with Crippen LogP contribution in [0.2, 0.25) is 0 Å². The van der Waals surface area contributed by atoms with Crippen molar-refractivity contribution in [2.45, 2.75) is 50.2 Å². The molecule has 0 spiro atoms. The summed E-state index contributed by atoms with van der Waals surface area (Å²) in [6.45, 7) is -1.42. The maximum absolute atomic E-state index is 12.6. The van der Waals surface area contributed by atoms with Gasteiger partial charge in [-0.1, -0.05) is 0 Å². The first-order valence-electron chi connectivity index (χ1n) is 9.70. The Kier molecular flexibility index (Phi) is 4.83. The van der Waals surface area contributed by atoms with Gasteiger partial charge < -0.3 is 20.1 Å². The molecule has 0 aliphatic heterocycles. The molecule has 0 atom stereocenters. The molecule has 4 saturated carbocycles. The number of nitrogens with one attached hydrogen (secondary N) is 2. The Morgan fingerprint density at radius 3 is 2.25 bits per heavy atom. The van der Waals surface area contributed by atoms with Crippen LogP contribution in [-0.2, 0) is 0 Å². The van der Waals surface area contributed by atoms with E-state index in [1.165, 1.54) is 38.5 Å². The summed E-state index contributed by atoms with van der Waals surface area (Å²) in [6, 6.07) is 4.09. The molecule has 0 heterocycles. The number of urea groups is 1. The zero-order valence-corrected chi connectivity index (χ0v) is 15.8. The number of rotatable bonds is 5. The zero-order valence-electron chi connectivity index (χ0n) is 15.8. The Labute approximate surface area is 162 Å². The van der Waals surface area contributed by atoms with Crippen LogP contribution < -0.4 is 20.1 Å². The third kappa shape index (κ3) is 4.15. The molecular weight excluding hydrogens is 373 g/mol. The molecule has 0 unspecified atom stereocenters. The Hall–Kier alpha value is -2.12. The van der Waals surface area contributed by atoms with Crippen LogP contribution in [0.3, 0.4) is 0 Å². The molecule has 0 saturated heterocycles. The van der Waals surface area contributed by atoms with Crippen LogP contribution in [0.25, 0.3) is 0 Å². The monoisotopic (exact) mass is 398 g/mol. The van der Waals surface area contributed by atoms with Gasteiger partial charge in [-0.15, -0.1) is 0 Å². The van der Waals surface area contributed by atoms with Crippen molar-refractivity contribution in [3.8, 4) is 11.5 Å². The predicted molar refractivity (Wildman–Crippen MR) is 97.6 cm³/mol. The van der Waals surface area contributed by atoms with Crippen molar-refractivity contribution in [2.24, 2.45) is 17.8 Å². The summed E-state index contributed by atoms with van der Waals surface area (Å²) in [5.41, 5.74) is 0.223. The second-order valence-electron chi connectivity index (χ2n) is 8.55. The molecule has 5 rings (SSSR count). The van der Waals surface area contributed by atoms with Crippen LogP contribution >= 0.6 is 0 Å². The van der Waals surface area contributed by atoms with Crippen LogP contribution in [0.1, 0.15) is 38.5 Å². The summed E-state index contributed by atoms with van der Waals surface area (Å²) < 4.78 is 47.2. The fourth-order valence-corrected chi connectivity index (χ4v) is 5.69. The minimum absolute atomic E-state index is 0.0626. The van der Waals surface area contributed by atoms with Crippen LogP contribution in [-0.4, -0.2) is 31.5 Å². The number of methoxy groups -OCH3 is 1. The molecule has 1 aromatic rings. The van der Waals surface area contributed by atoms with Gasteiger partial charge in [-0.3, -0.25) is 0 Å². The average Bonchev–Trinajstić information content (AvgIpc) is 2.57. The van der Waals surface area contributed by atoms with Crippen LogP contribution in [0.5, 0.6) is 11.5 Å². The van der Waals surface area contributed by atoms with Crippen molar-refractivity contribution in [3.63, 3.8) is 0 Å². The second kappa shape index (κ2) is 7.04. The topological polar surface area (TPSA) is 59.6 Å². The minimum atomic E-state index is -4.45. The molecule has 4 fully saturated rings. The summed E-state index contributed by atoms with van der Waals surface area (Å²) >= 11 is 0. The van der Waals surface area contributed by atoms with E-state index >= 15 is 0 Å². The fourth-order valence-electron chi connectivity index (χ4n) is 5.69. The van der Waals surface area contributed by atoms with E-state index in [2.05, 4.69) is 10.6 Å². The number of hydrogen-bond acceptors (Lipinski definition) is 3. The summed E-state index contributed by atoms with van der Waals surface area (Å²) in [5.74, 6) is 2.23. The van der Waals surface area contributed by atoms with E-state index in [-0.39, 0.29) is 23.1 Å². The first-order chi connectivity index (χ1) is 13.2. The Morgan fingerprint density at radius 1 is 1.11 bits per heavy atom. The normalized spacial score (nSPS) is 30.8. The number of hydrogen-bond donors (Lipinski definition) is 2. The lowest BCUT2D eigenvalue weighted by Crippen LogP contribution is -2.60. The van der Waals surface area contributed by atoms with E-state index in [0.717, 1.165) is 19.3 Å². The summed E-state index contributed by atoms with van der Waals surface area (Å²) in [4.78, 5) is 12.6. The summed E-state index contributed by atoms with van der Waals surface area (Å²) in [6.07, 6.45) is 2.45. The Morgan fingerprint density at radius 2 is 1.71 bits per heavy atom. The standard InChI is InChI=1S/C20H25F3N2O3/c1-27-16-3-2-15(7-17(16)28-11-20(21,22)23)24-18(26)25-19-8-12-4-13(9-19)6-14(5-12)10-19/h2-3,7,12-14H,4-6,8-11H2,1H3,(H2,24,25,26). The first-order valence-corrected chi connectivity index (χ1v) is 9.70. The summed E-state index contributed by atoms with van der Waals surface area (Å²) in [7, 11) is 1.35. The Bertz CT molecular complexity index is 715. The molecule has 0 aromatic heterocycles. The van der Waals surface area contributed by atoms with Crippen molar-refractivity contribution >= 4 is 11.7 Å². The zero-order chi connectivity index (χ0) is 19.9. The van der Waals surface area contributed by atoms with Gasteiger partial charge in [0.05, 0.1) is 7.11 Å². The van der Waals surface area contributed by atoms with Gasteiger partial charge in [-0.25, -0.2) is 4.79 Å². The molecule has 0 radical (unpaired) electrons. The number of amides is 2. The van der Waals surface area contributed by atoms with Gasteiger partial charge in [0.2, 0.25) is 0 Å². The quantitative estimate of drug-likeness (QED) is 0.754. The third-order valence-corrected chi connectivity index (χ3v) is 6.23. The maximum atomic E-state index is 12.6. The molecular formula is C20H25F3N2O3. The van der Waals surface area contributed by atoms with Gasteiger partial charge in [0.1, 0.15) is 0 Å². The molecule has 8 heteroatoms. The number of carbonyl (C=O) groups is 1. The molecule has 4 bridgehead atoms. The predicted octanol–water partition coefficient (Wildman–Crippen LogP) is 4.73. The molecule has 1 aromatic carbocycles. The van der Waals surface area contributed by atoms with Gasteiger partial charge in [-0.05, 0) is 68.4 Å². The van der Waals surface area contributed by atoms with Gasteiger partial charge in [0, 0.05) is 17.3 Å². The number of alkyl halides is 3. The first kappa shape index (κ1) is 19.2. The minimum Gasteiger partial charge on any atom is -0.493 e. The average molecular weight is 398 g/mol. The fraction of sp³-hybridized carbons (Fsp3) is 0.650. The number of anilines is 1. The van der Waals surface area contributed by atoms with Crippen molar-refractivity contribution in [3.05, 3.63) is 18.2 Å². The van der Waals surface area contributed by atoms with E-state index in [1.807, 2.05) is 0 Å². The van der Waals surface area contributed by atoms with Gasteiger partial charge in [-0.2, -0.15) is 13.2 Å². The smallest absolute Gasteiger partial charge is 0.422 e. The van der Waals surface area contributed by atoms with Crippen LogP contribution in [0.15, 0.2) is 18.2 Å². The number of benzene rings is 1. The van der Waals surface area contributed by atoms with Crippen LogP contribution in [0.4, 0.5) is 23.7 Å². The second-order valence-corrected chi connectivity index (χ2v) is 8.55. The molecule has 2 N–H and O–H groups in total. The third-order valence-electron chi connectivity index (χ3n) is 6.23. The highest BCUT2D eigenvalue weighted by atomic mass is 19.4. The molecule has 4 aliphatic carbocycles. The van der Waals surface area contributed by atoms with E-state index < -0.39 is 12.8 Å². The maximum Gasteiger partial charge on any atom is 0.422 e. The largest absolute Gasteiger partial charge is 0.493 e. The molecule has 2 amide bonds. The van der Waals surface area contributed by atoms with Crippen molar-refractivity contribution in [2.75, 3.05) is 19.0 Å². The van der Waals surface area contributed by atoms with Crippen molar-refractivity contribution in [1.82, 2.24) is 5.32 Å². The van der Waals surface area contributed by atoms with Crippen molar-refractivity contribution in [1.29, 1.82) is 0 Å². The van der Waals surface area contributed by atoms with E-state index in [1.54, 1.807) is 6.07 Å². The van der Waals surface area contributed by atoms with Gasteiger partial charge in [0.25, 0.3) is 0 Å².